The SMILES string of the molecule is CCNC(=O)c1cc(C(=O)O)c(C)cc1O. The molecular formula is C11H13NO4. The van der Waals surface area contributed by atoms with Crippen LogP contribution in [0.3, 0.4) is 0 Å². The second-order valence-corrected chi connectivity index (χ2v) is 3.35. The summed E-state index contributed by atoms with van der Waals surface area (Å²) in [4.78, 5) is 22.3. The second kappa shape index (κ2) is 4.65. The Morgan fingerprint density at radius 3 is 2.44 bits per heavy atom. The number of benzene rings is 1. The number of carboxylic acids is 1. The van der Waals surface area contributed by atoms with Crippen molar-refractivity contribution < 1.29 is 19.8 Å². The number of aromatic hydroxyl groups is 1. The van der Waals surface area contributed by atoms with Gasteiger partial charge in [0.05, 0.1) is 11.1 Å². The number of carbonyl (C=O) groups is 2. The topological polar surface area (TPSA) is 86.6 Å². The summed E-state index contributed by atoms with van der Waals surface area (Å²) in [5.41, 5.74) is 0.405. The predicted molar refractivity (Wildman–Crippen MR) is 57.8 cm³/mol. The van der Waals surface area contributed by atoms with Gasteiger partial charge in [0.2, 0.25) is 0 Å². The van der Waals surface area contributed by atoms with Gasteiger partial charge in [-0.2, -0.15) is 0 Å². The quantitative estimate of drug-likeness (QED) is 0.717. The monoisotopic (exact) mass is 223 g/mol. The molecule has 0 spiro atoms. The highest BCUT2D eigenvalue weighted by Crippen LogP contribution is 2.22. The van der Waals surface area contributed by atoms with Crippen LogP contribution >= 0.6 is 0 Å². The van der Waals surface area contributed by atoms with Crippen molar-refractivity contribution in [1.82, 2.24) is 5.32 Å². The smallest absolute Gasteiger partial charge is 0.335 e. The highest BCUT2D eigenvalue weighted by Gasteiger charge is 2.16. The fraction of sp³-hybridized carbons (Fsp3) is 0.273. The molecule has 5 nitrogen and oxygen atoms in total. The molecule has 86 valence electrons. The zero-order valence-electron chi connectivity index (χ0n) is 9.07. The van der Waals surface area contributed by atoms with Gasteiger partial charge in [-0.3, -0.25) is 4.79 Å². The molecule has 0 heterocycles. The van der Waals surface area contributed by atoms with E-state index in [4.69, 9.17) is 5.11 Å². The first-order valence-corrected chi connectivity index (χ1v) is 4.82. The van der Waals surface area contributed by atoms with E-state index in [0.717, 1.165) is 0 Å². The number of hydrogen-bond acceptors (Lipinski definition) is 3. The molecule has 1 amide bonds. The summed E-state index contributed by atoms with van der Waals surface area (Å²) in [7, 11) is 0. The molecule has 0 unspecified atom stereocenters. The zero-order chi connectivity index (χ0) is 12.3. The summed E-state index contributed by atoms with van der Waals surface area (Å²) in [5, 5.41) is 20.9. The lowest BCUT2D eigenvalue weighted by molar-refractivity contribution is 0.0696. The molecule has 0 saturated heterocycles. The van der Waals surface area contributed by atoms with E-state index < -0.39 is 11.9 Å². The van der Waals surface area contributed by atoms with Gasteiger partial charge >= 0.3 is 5.97 Å². The number of carboxylic acid groups (broad SMARTS) is 1. The van der Waals surface area contributed by atoms with Crippen molar-refractivity contribution in [2.75, 3.05) is 6.54 Å². The van der Waals surface area contributed by atoms with E-state index in [0.29, 0.717) is 12.1 Å². The summed E-state index contributed by atoms with van der Waals surface area (Å²) in [6, 6.07) is 2.45. The predicted octanol–water partition coefficient (Wildman–Crippen LogP) is 1.15. The third-order valence-electron chi connectivity index (χ3n) is 2.16. The first kappa shape index (κ1) is 12.0. The van der Waals surface area contributed by atoms with E-state index in [1.54, 1.807) is 13.8 Å². The Hall–Kier alpha value is -2.04. The first-order chi connectivity index (χ1) is 7.47. The molecule has 16 heavy (non-hydrogen) atoms. The van der Waals surface area contributed by atoms with Gasteiger partial charge in [0, 0.05) is 6.54 Å². The van der Waals surface area contributed by atoms with Crippen LogP contribution in [0.1, 0.15) is 33.2 Å². The second-order valence-electron chi connectivity index (χ2n) is 3.35. The van der Waals surface area contributed by atoms with Crippen LogP contribution in [0.4, 0.5) is 0 Å². The van der Waals surface area contributed by atoms with Crippen molar-refractivity contribution in [2.24, 2.45) is 0 Å². The number of amides is 1. The molecule has 1 rings (SSSR count). The molecule has 0 radical (unpaired) electrons. The third-order valence-corrected chi connectivity index (χ3v) is 2.16. The maximum Gasteiger partial charge on any atom is 0.335 e. The fourth-order valence-corrected chi connectivity index (χ4v) is 1.36. The molecule has 1 aromatic rings. The van der Waals surface area contributed by atoms with Gasteiger partial charge in [0.1, 0.15) is 5.75 Å². The number of phenolic OH excluding ortho intramolecular Hbond substituents is 1. The van der Waals surface area contributed by atoms with E-state index in [1.807, 2.05) is 0 Å². The fourth-order valence-electron chi connectivity index (χ4n) is 1.36. The minimum Gasteiger partial charge on any atom is -0.507 e. The largest absolute Gasteiger partial charge is 0.507 e. The Bertz CT molecular complexity index is 440. The third kappa shape index (κ3) is 2.31. The van der Waals surface area contributed by atoms with Crippen LogP contribution in [-0.4, -0.2) is 28.6 Å². The van der Waals surface area contributed by atoms with E-state index in [-0.39, 0.29) is 16.9 Å². The molecule has 0 saturated carbocycles. The van der Waals surface area contributed by atoms with Gasteiger partial charge in [0.15, 0.2) is 0 Å². The van der Waals surface area contributed by atoms with Gasteiger partial charge in [-0.15, -0.1) is 0 Å². The number of carbonyl (C=O) groups excluding carboxylic acids is 1. The number of rotatable bonds is 3. The molecule has 0 atom stereocenters. The molecule has 0 aliphatic heterocycles. The lowest BCUT2D eigenvalue weighted by Gasteiger charge is -2.08. The lowest BCUT2D eigenvalue weighted by Crippen LogP contribution is -2.23. The van der Waals surface area contributed by atoms with Crippen LogP contribution < -0.4 is 5.32 Å². The molecule has 0 aliphatic rings. The number of nitrogens with one attached hydrogen (secondary N) is 1. The minimum absolute atomic E-state index is 0.0130. The molecule has 0 aliphatic carbocycles. The maximum atomic E-state index is 11.5. The standard InChI is InChI=1S/C11H13NO4/c1-3-12-10(14)8-5-7(11(15)16)6(2)4-9(8)13/h4-5,13H,3H2,1-2H3,(H,12,14)(H,15,16). The van der Waals surface area contributed by atoms with Crippen LogP contribution in [-0.2, 0) is 0 Å². The molecule has 1 aromatic carbocycles. The van der Waals surface area contributed by atoms with Crippen molar-refractivity contribution in [1.29, 1.82) is 0 Å². The average molecular weight is 223 g/mol. The molecular weight excluding hydrogens is 210 g/mol. The molecule has 0 bridgehead atoms. The molecule has 0 fully saturated rings. The van der Waals surface area contributed by atoms with Crippen molar-refractivity contribution in [2.45, 2.75) is 13.8 Å². The Labute approximate surface area is 92.7 Å². The van der Waals surface area contributed by atoms with Crippen LogP contribution in [0.5, 0.6) is 5.75 Å². The van der Waals surface area contributed by atoms with Crippen LogP contribution in [0.15, 0.2) is 12.1 Å². The summed E-state index contributed by atoms with van der Waals surface area (Å²) >= 11 is 0. The Morgan fingerprint density at radius 1 is 1.31 bits per heavy atom. The highest BCUT2D eigenvalue weighted by atomic mass is 16.4. The molecule has 5 heteroatoms. The minimum atomic E-state index is -1.12. The van der Waals surface area contributed by atoms with Crippen LogP contribution in [0, 0.1) is 6.92 Å². The lowest BCUT2D eigenvalue weighted by atomic mass is 10.0. The first-order valence-electron chi connectivity index (χ1n) is 4.82. The average Bonchev–Trinajstić information content (AvgIpc) is 2.17. The van der Waals surface area contributed by atoms with Gasteiger partial charge in [-0.05, 0) is 31.5 Å². The van der Waals surface area contributed by atoms with E-state index in [2.05, 4.69) is 5.32 Å². The van der Waals surface area contributed by atoms with Crippen molar-refractivity contribution in [3.63, 3.8) is 0 Å². The molecule has 3 N–H and O–H groups in total. The normalized spacial score (nSPS) is 9.88. The van der Waals surface area contributed by atoms with Crippen molar-refractivity contribution >= 4 is 11.9 Å². The van der Waals surface area contributed by atoms with E-state index >= 15 is 0 Å². The van der Waals surface area contributed by atoms with Crippen LogP contribution in [0.2, 0.25) is 0 Å². The number of aryl methyl sites for hydroxylation is 1. The van der Waals surface area contributed by atoms with Gasteiger partial charge in [0.25, 0.3) is 5.91 Å². The van der Waals surface area contributed by atoms with Gasteiger partial charge in [-0.25, -0.2) is 4.79 Å². The number of aromatic carboxylic acids is 1. The van der Waals surface area contributed by atoms with Gasteiger partial charge < -0.3 is 15.5 Å². The van der Waals surface area contributed by atoms with Crippen molar-refractivity contribution in [3.05, 3.63) is 28.8 Å². The Balaban J connectivity index is 3.24. The Kier molecular flexibility index (Phi) is 3.50. The molecule has 0 aromatic heterocycles. The zero-order valence-corrected chi connectivity index (χ0v) is 9.07. The maximum absolute atomic E-state index is 11.5. The summed E-state index contributed by atoms with van der Waals surface area (Å²) in [6.45, 7) is 3.71. The summed E-state index contributed by atoms with van der Waals surface area (Å²) < 4.78 is 0. The summed E-state index contributed by atoms with van der Waals surface area (Å²) in [5.74, 6) is -1.82. The van der Waals surface area contributed by atoms with Gasteiger partial charge in [-0.1, -0.05) is 0 Å². The summed E-state index contributed by atoms with van der Waals surface area (Å²) in [6.07, 6.45) is 0. The number of hydrogen-bond donors (Lipinski definition) is 3. The van der Waals surface area contributed by atoms with Crippen molar-refractivity contribution in [3.8, 4) is 5.75 Å². The van der Waals surface area contributed by atoms with E-state index in [1.165, 1.54) is 12.1 Å². The Morgan fingerprint density at radius 2 is 1.94 bits per heavy atom. The number of phenols is 1. The van der Waals surface area contributed by atoms with E-state index in [9.17, 15) is 14.7 Å². The highest BCUT2D eigenvalue weighted by molar-refractivity contribution is 6.00. The van der Waals surface area contributed by atoms with Crippen LogP contribution in [0.25, 0.3) is 0 Å².